The summed E-state index contributed by atoms with van der Waals surface area (Å²) in [6.07, 6.45) is 0.585. The van der Waals surface area contributed by atoms with E-state index < -0.39 is 16.6 Å². The van der Waals surface area contributed by atoms with Crippen LogP contribution in [0.25, 0.3) is 0 Å². The van der Waals surface area contributed by atoms with E-state index in [2.05, 4.69) is 58.4 Å². The summed E-state index contributed by atoms with van der Waals surface area (Å²) in [5.74, 6) is 0. The third kappa shape index (κ3) is 12.6. The van der Waals surface area contributed by atoms with Gasteiger partial charge in [0.1, 0.15) is 0 Å². The van der Waals surface area contributed by atoms with Crippen LogP contribution in [-0.2, 0) is 8.85 Å². The predicted octanol–water partition coefficient (Wildman–Crippen LogP) is 3.06. The summed E-state index contributed by atoms with van der Waals surface area (Å²) in [6, 6.07) is 0. The molecule has 0 heterocycles. The Kier molecular flexibility index (Phi) is 7.17. The quantitative estimate of drug-likeness (QED) is 0.692. The second kappa shape index (κ2) is 7.04. The van der Waals surface area contributed by atoms with E-state index in [9.17, 15) is 0 Å². The molecule has 3 nitrogen and oxygen atoms in total. The largest absolute Gasteiger partial charge is 0.414 e. The molecule has 0 spiro atoms. The van der Waals surface area contributed by atoms with E-state index in [-0.39, 0.29) is 0 Å². The molecule has 0 aliphatic carbocycles. The van der Waals surface area contributed by atoms with Crippen molar-refractivity contribution < 1.29 is 8.85 Å². The van der Waals surface area contributed by atoms with Crippen molar-refractivity contribution in [3.63, 3.8) is 0 Å². The zero-order chi connectivity index (χ0) is 13.7. The lowest BCUT2D eigenvalue weighted by Crippen LogP contribution is -2.40. The Morgan fingerprint density at radius 2 is 1.06 bits per heavy atom. The minimum atomic E-state index is -1.40. The van der Waals surface area contributed by atoms with E-state index in [1.165, 1.54) is 0 Å². The molecule has 0 saturated carbocycles. The van der Waals surface area contributed by atoms with Gasteiger partial charge in [0.05, 0.1) is 12.2 Å². The monoisotopic (exact) mass is 277 g/mol. The van der Waals surface area contributed by atoms with Crippen LogP contribution in [0.1, 0.15) is 13.8 Å². The molecule has 0 aliphatic rings. The Balaban J connectivity index is 3.70. The smallest absolute Gasteiger partial charge is 0.184 e. The fourth-order valence-electron chi connectivity index (χ4n) is 1.78. The van der Waals surface area contributed by atoms with Crippen molar-refractivity contribution >= 4 is 16.6 Å². The highest BCUT2D eigenvalue weighted by atomic mass is 28.4. The molecule has 0 aliphatic heterocycles. The molecular weight excluding hydrogens is 246 g/mol. The summed E-state index contributed by atoms with van der Waals surface area (Å²) >= 11 is 0. The number of nitrogens with one attached hydrogen (secondary N) is 1. The molecule has 1 N–H and O–H groups in total. The van der Waals surface area contributed by atoms with Crippen LogP contribution in [0.15, 0.2) is 0 Å². The van der Waals surface area contributed by atoms with E-state index in [0.717, 1.165) is 13.1 Å². The normalized spacial score (nSPS) is 16.9. The van der Waals surface area contributed by atoms with Gasteiger partial charge in [0.25, 0.3) is 0 Å². The second-order valence-electron chi connectivity index (χ2n) is 6.74. The maximum atomic E-state index is 5.96. The van der Waals surface area contributed by atoms with Gasteiger partial charge < -0.3 is 14.2 Å². The Morgan fingerprint density at radius 1 is 0.765 bits per heavy atom. The lowest BCUT2D eigenvalue weighted by atomic mass is 10.3. The molecule has 0 fully saturated rings. The van der Waals surface area contributed by atoms with E-state index in [1.54, 1.807) is 0 Å². The second-order valence-corrected chi connectivity index (χ2v) is 15.7. The van der Waals surface area contributed by atoms with Crippen molar-refractivity contribution in [1.29, 1.82) is 0 Å². The Morgan fingerprint density at radius 3 is 1.29 bits per heavy atom. The third-order valence-corrected chi connectivity index (χ3v) is 4.19. The molecule has 0 aromatic heterocycles. The van der Waals surface area contributed by atoms with Crippen LogP contribution in [0.4, 0.5) is 0 Å². The van der Waals surface area contributed by atoms with Crippen molar-refractivity contribution in [2.24, 2.45) is 0 Å². The van der Waals surface area contributed by atoms with Crippen LogP contribution < -0.4 is 5.32 Å². The first-order chi connectivity index (χ1) is 7.49. The fourth-order valence-corrected chi connectivity index (χ4v) is 4.36. The average Bonchev–Trinajstić information content (AvgIpc) is 1.95. The van der Waals surface area contributed by atoms with Gasteiger partial charge in [-0.05, 0) is 53.1 Å². The topological polar surface area (TPSA) is 30.5 Å². The van der Waals surface area contributed by atoms with Crippen LogP contribution in [0.3, 0.4) is 0 Å². The summed E-state index contributed by atoms with van der Waals surface area (Å²) in [5.41, 5.74) is 0. The highest BCUT2D eigenvalue weighted by Gasteiger charge is 2.19. The Hall–Kier alpha value is 0.314. The predicted molar refractivity (Wildman–Crippen MR) is 80.7 cm³/mol. The highest BCUT2D eigenvalue weighted by molar-refractivity contribution is 6.70. The molecule has 104 valence electrons. The lowest BCUT2D eigenvalue weighted by molar-refractivity contribution is 0.183. The van der Waals surface area contributed by atoms with Crippen molar-refractivity contribution in [3.05, 3.63) is 0 Å². The standard InChI is InChI=1S/C12H31NO2Si2/c1-11(14-16(3,4)5)9-13-10-12(2)15-17(6,7)8/h11-13H,9-10H2,1-8H3/t11-,12?/m1/s1. The molecule has 0 aromatic rings. The van der Waals surface area contributed by atoms with E-state index in [0.29, 0.717) is 12.2 Å². The SMILES string of the molecule is CC(CNC[C@@H](C)O[Si](C)(C)C)O[Si](C)(C)C. The van der Waals surface area contributed by atoms with Crippen LogP contribution >= 0.6 is 0 Å². The summed E-state index contributed by atoms with van der Waals surface area (Å²) in [5, 5.41) is 3.42. The number of hydrogen-bond acceptors (Lipinski definition) is 3. The van der Waals surface area contributed by atoms with Gasteiger partial charge in [-0.3, -0.25) is 0 Å². The van der Waals surface area contributed by atoms with Gasteiger partial charge in [0.2, 0.25) is 0 Å². The van der Waals surface area contributed by atoms with E-state index in [4.69, 9.17) is 8.85 Å². The first kappa shape index (κ1) is 17.3. The maximum Gasteiger partial charge on any atom is 0.184 e. The lowest BCUT2D eigenvalue weighted by Gasteiger charge is -2.26. The summed E-state index contributed by atoms with van der Waals surface area (Å²) in [6.45, 7) is 19.4. The zero-order valence-corrected chi connectivity index (χ0v) is 14.9. The highest BCUT2D eigenvalue weighted by Crippen LogP contribution is 2.07. The Labute approximate surface area is 110 Å². The maximum absolute atomic E-state index is 5.96. The van der Waals surface area contributed by atoms with Crippen LogP contribution in [-0.4, -0.2) is 41.9 Å². The van der Waals surface area contributed by atoms with Crippen molar-refractivity contribution in [2.45, 2.75) is 65.3 Å². The van der Waals surface area contributed by atoms with Gasteiger partial charge in [-0.25, -0.2) is 0 Å². The van der Waals surface area contributed by atoms with Crippen molar-refractivity contribution in [3.8, 4) is 0 Å². The molecule has 2 atom stereocenters. The van der Waals surface area contributed by atoms with Gasteiger partial charge in [-0.2, -0.15) is 0 Å². The molecule has 0 saturated heterocycles. The summed E-state index contributed by atoms with van der Waals surface area (Å²) < 4.78 is 11.9. The van der Waals surface area contributed by atoms with Gasteiger partial charge in [-0.1, -0.05) is 0 Å². The van der Waals surface area contributed by atoms with E-state index in [1.807, 2.05) is 0 Å². The first-order valence-electron chi connectivity index (χ1n) is 6.56. The van der Waals surface area contributed by atoms with Crippen molar-refractivity contribution in [1.82, 2.24) is 5.32 Å². The molecule has 1 unspecified atom stereocenters. The average molecular weight is 278 g/mol. The van der Waals surface area contributed by atoms with Crippen LogP contribution in [0.2, 0.25) is 39.3 Å². The molecule has 0 amide bonds. The molecule has 0 radical (unpaired) electrons. The molecule has 5 heteroatoms. The minimum absolute atomic E-state index is 0.292. The zero-order valence-electron chi connectivity index (χ0n) is 12.9. The van der Waals surface area contributed by atoms with Crippen LogP contribution in [0, 0.1) is 0 Å². The molecular formula is C12H31NO2Si2. The molecule has 0 aromatic carbocycles. The molecule has 17 heavy (non-hydrogen) atoms. The molecule has 0 rings (SSSR count). The Bertz CT molecular complexity index is 190. The third-order valence-electron chi connectivity index (χ3n) is 1.97. The fraction of sp³-hybridized carbons (Fsp3) is 1.00. The van der Waals surface area contributed by atoms with E-state index >= 15 is 0 Å². The first-order valence-corrected chi connectivity index (χ1v) is 13.4. The number of hydrogen-bond donors (Lipinski definition) is 1. The molecule has 0 bridgehead atoms. The van der Waals surface area contributed by atoms with Gasteiger partial charge >= 0.3 is 0 Å². The van der Waals surface area contributed by atoms with Gasteiger partial charge in [0, 0.05) is 13.1 Å². The van der Waals surface area contributed by atoms with Gasteiger partial charge in [-0.15, -0.1) is 0 Å². The number of rotatable bonds is 8. The van der Waals surface area contributed by atoms with Crippen LogP contribution in [0.5, 0.6) is 0 Å². The summed E-state index contributed by atoms with van der Waals surface area (Å²) in [7, 11) is -2.80. The summed E-state index contributed by atoms with van der Waals surface area (Å²) in [4.78, 5) is 0. The van der Waals surface area contributed by atoms with Gasteiger partial charge in [0.15, 0.2) is 16.6 Å². The van der Waals surface area contributed by atoms with Crippen molar-refractivity contribution in [2.75, 3.05) is 13.1 Å². The minimum Gasteiger partial charge on any atom is -0.414 e.